The molecule has 0 aliphatic heterocycles. The lowest BCUT2D eigenvalue weighted by atomic mass is 10.1. The Morgan fingerprint density at radius 1 is 1.00 bits per heavy atom. The normalized spacial score (nSPS) is 10.1. The van der Waals surface area contributed by atoms with E-state index in [0.29, 0.717) is 10.6 Å². The van der Waals surface area contributed by atoms with Crippen molar-refractivity contribution in [3.8, 4) is 0 Å². The van der Waals surface area contributed by atoms with Crippen LogP contribution in [0, 0.1) is 13.8 Å². The third kappa shape index (κ3) is 3.42. The molecule has 0 unspecified atom stereocenters. The van der Waals surface area contributed by atoms with Crippen LogP contribution in [0.15, 0.2) is 42.5 Å². The lowest BCUT2D eigenvalue weighted by Crippen LogP contribution is -2.13. The highest BCUT2D eigenvalue weighted by atomic mass is 32.1. The third-order valence-corrected chi connectivity index (χ3v) is 3.15. The first kappa shape index (κ1) is 14.2. The number of rotatable bonds is 3. The Hall–Kier alpha value is -2.20. The Balaban J connectivity index is 2.17. The van der Waals surface area contributed by atoms with Gasteiger partial charge in [-0.25, -0.2) is 0 Å². The average molecular weight is 284 g/mol. The number of nitrogens with two attached hydrogens (primary N) is 1. The number of benzene rings is 2. The van der Waals surface area contributed by atoms with Crippen molar-refractivity contribution in [3.63, 3.8) is 0 Å². The molecule has 2 rings (SSSR count). The maximum absolute atomic E-state index is 12.1. The maximum Gasteiger partial charge on any atom is 0.255 e. The fourth-order valence-electron chi connectivity index (χ4n) is 2.04. The molecule has 1 amide bonds. The van der Waals surface area contributed by atoms with Crippen molar-refractivity contribution in [1.29, 1.82) is 0 Å². The summed E-state index contributed by atoms with van der Waals surface area (Å²) in [7, 11) is 0. The largest absolute Gasteiger partial charge is 0.389 e. The van der Waals surface area contributed by atoms with Crippen LogP contribution in [0.4, 0.5) is 5.69 Å². The van der Waals surface area contributed by atoms with E-state index in [0.717, 1.165) is 22.4 Å². The first-order valence-electron chi connectivity index (χ1n) is 6.25. The summed E-state index contributed by atoms with van der Waals surface area (Å²) < 4.78 is 0. The summed E-state index contributed by atoms with van der Waals surface area (Å²) >= 11 is 4.88. The van der Waals surface area contributed by atoms with E-state index in [1.54, 1.807) is 24.3 Å². The van der Waals surface area contributed by atoms with Crippen LogP contribution in [0.2, 0.25) is 0 Å². The predicted octanol–water partition coefficient (Wildman–Crippen LogP) is 3.19. The molecule has 0 saturated carbocycles. The zero-order valence-corrected chi connectivity index (χ0v) is 12.3. The van der Waals surface area contributed by atoms with E-state index >= 15 is 0 Å². The predicted molar refractivity (Wildman–Crippen MR) is 86.2 cm³/mol. The fourth-order valence-corrected chi connectivity index (χ4v) is 2.17. The highest BCUT2D eigenvalue weighted by Gasteiger charge is 2.07. The van der Waals surface area contributed by atoms with Gasteiger partial charge in [-0.3, -0.25) is 4.79 Å². The molecule has 0 saturated heterocycles. The molecule has 0 atom stereocenters. The molecule has 0 spiro atoms. The van der Waals surface area contributed by atoms with Crippen molar-refractivity contribution in [3.05, 3.63) is 64.7 Å². The van der Waals surface area contributed by atoms with Gasteiger partial charge in [0.15, 0.2) is 0 Å². The number of amides is 1. The van der Waals surface area contributed by atoms with Gasteiger partial charge in [-0.2, -0.15) is 0 Å². The number of carbonyl (C=O) groups excluding carboxylic acids is 1. The summed E-state index contributed by atoms with van der Waals surface area (Å²) in [6.07, 6.45) is 0. The van der Waals surface area contributed by atoms with Gasteiger partial charge in [0.1, 0.15) is 4.99 Å². The molecule has 0 aliphatic rings. The summed E-state index contributed by atoms with van der Waals surface area (Å²) in [5, 5.41) is 2.89. The number of hydrogen-bond acceptors (Lipinski definition) is 2. The second-order valence-electron chi connectivity index (χ2n) is 4.77. The number of thiocarbonyl (C=S) groups is 1. The summed E-state index contributed by atoms with van der Waals surface area (Å²) in [4.78, 5) is 12.5. The molecule has 4 heteroatoms. The van der Waals surface area contributed by atoms with Crippen molar-refractivity contribution in [1.82, 2.24) is 0 Å². The Kier molecular flexibility index (Phi) is 4.15. The number of hydrogen-bond donors (Lipinski definition) is 2. The van der Waals surface area contributed by atoms with Gasteiger partial charge in [-0.05, 0) is 49.2 Å². The van der Waals surface area contributed by atoms with Crippen LogP contribution in [0.5, 0.6) is 0 Å². The quantitative estimate of drug-likeness (QED) is 0.851. The highest BCUT2D eigenvalue weighted by Crippen LogP contribution is 2.15. The minimum atomic E-state index is -0.149. The van der Waals surface area contributed by atoms with Crippen LogP contribution in [-0.4, -0.2) is 10.9 Å². The van der Waals surface area contributed by atoms with Crippen molar-refractivity contribution < 1.29 is 4.79 Å². The minimum absolute atomic E-state index is 0.149. The van der Waals surface area contributed by atoms with E-state index in [1.807, 2.05) is 26.0 Å². The Morgan fingerprint density at radius 2 is 1.50 bits per heavy atom. The van der Waals surface area contributed by atoms with E-state index in [-0.39, 0.29) is 5.91 Å². The molecule has 20 heavy (non-hydrogen) atoms. The maximum atomic E-state index is 12.1. The van der Waals surface area contributed by atoms with Gasteiger partial charge in [-0.15, -0.1) is 0 Å². The summed E-state index contributed by atoms with van der Waals surface area (Å²) in [6, 6.07) is 12.9. The number of anilines is 1. The van der Waals surface area contributed by atoms with E-state index < -0.39 is 0 Å². The Labute approximate surface area is 123 Å². The molecule has 3 N–H and O–H groups in total. The highest BCUT2D eigenvalue weighted by molar-refractivity contribution is 7.80. The van der Waals surface area contributed by atoms with Gasteiger partial charge in [0, 0.05) is 16.8 Å². The monoisotopic (exact) mass is 284 g/mol. The molecule has 0 radical (unpaired) electrons. The first-order chi connectivity index (χ1) is 9.45. The molecule has 0 aromatic heterocycles. The lowest BCUT2D eigenvalue weighted by molar-refractivity contribution is 0.102. The second-order valence-corrected chi connectivity index (χ2v) is 5.21. The zero-order chi connectivity index (χ0) is 14.7. The molecular weight excluding hydrogens is 268 g/mol. The van der Waals surface area contributed by atoms with Crippen LogP contribution in [0.25, 0.3) is 0 Å². The van der Waals surface area contributed by atoms with Gasteiger partial charge < -0.3 is 11.1 Å². The molecule has 102 valence electrons. The molecular formula is C16H16N2OS. The van der Waals surface area contributed by atoms with Gasteiger partial charge in [0.25, 0.3) is 5.91 Å². The van der Waals surface area contributed by atoms with Crippen LogP contribution < -0.4 is 11.1 Å². The lowest BCUT2D eigenvalue weighted by Gasteiger charge is -2.08. The number of carbonyl (C=O) groups is 1. The van der Waals surface area contributed by atoms with Gasteiger partial charge in [-0.1, -0.05) is 30.4 Å². The van der Waals surface area contributed by atoms with E-state index in [1.165, 1.54) is 0 Å². The first-order valence-corrected chi connectivity index (χ1v) is 6.66. The van der Waals surface area contributed by atoms with Crippen LogP contribution >= 0.6 is 12.2 Å². The Bertz CT molecular complexity index is 642. The molecule has 0 fully saturated rings. The third-order valence-electron chi connectivity index (χ3n) is 2.91. The molecule has 2 aromatic rings. The van der Waals surface area contributed by atoms with Gasteiger partial charge >= 0.3 is 0 Å². The van der Waals surface area contributed by atoms with Crippen molar-refractivity contribution in [2.24, 2.45) is 5.73 Å². The van der Waals surface area contributed by atoms with Crippen LogP contribution in [-0.2, 0) is 0 Å². The van der Waals surface area contributed by atoms with Crippen LogP contribution in [0.1, 0.15) is 27.0 Å². The standard InChI is InChI=1S/C16H16N2OS/c1-10-7-11(2)9-14(8-10)18-16(19)13-5-3-12(4-6-13)15(17)20/h3-9H,1-2H3,(H2,17,20)(H,18,19). The van der Waals surface area contributed by atoms with Crippen LogP contribution in [0.3, 0.4) is 0 Å². The minimum Gasteiger partial charge on any atom is -0.389 e. The summed E-state index contributed by atoms with van der Waals surface area (Å²) in [6.45, 7) is 4.00. The molecule has 2 aromatic carbocycles. The topological polar surface area (TPSA) is 55.1 Å². The molecule has 3 nitrogen and oxygen atoms in total. The fraction of sp³-hybridized carbons (Fsp3) is 0.125. The summed E-state index contributed by atoms with van der Waals surface area (Å²) in [5.41, 5.74) is 9.88. The van der Waals surface area contributed by atoms with Crippen molar-refractivity contribution in [2.45, 2.75) is 13.8 Å². The van der Waals surface area contributed by atoms with Crippen molar-refractivity contribution in [2.75, 3.05) is 5.32 Å². The summed E-state index contributed by atoms with van der Waals surface area (Å²) in [5.74, 6) is -0.149. The van der Waals surface area contributed by atoms with E-state index in [9.17, 15) is 4.79 Å². The van der Waals surface area contributed by atoms with E-state index in [4.69, 9.17) is 18.0 Å². The van der Waals surface area contributed by atoms with Crippen molar-refractivity contribution >= 4 is 28.8 Å². The van der Waals surface area contributed by atoms with Gasteiger partial charge in [0.2, 0.25) is 0 Å². The molecule has 0 heterocycles. The van der Waals surface area contributed by atoms with Gasteiger partial charge in [0.05, 0.1) is 0 Å². The van der Waals surface area contributed by atoms with E-state index in [2.05, 4.69) is 11.4 Å². The smallest absolute Gasteiger partial charge is 0.255 e. The number of nitrogens with one attached hydrogen (secondary N) is 1. The SMILES string of the molecule is Cc1cc(C)cc(NC(=O)c2ccc(C(N)=S)cc2)c1. The molecule has 0 bridgehead atoms. The Morgan fingerprint density at radius 3 is 2.00 bits per heavy atom. The zero-order valence-electron chi connectivity index (χ0n) is 11.4. The molecule has 0 aliphatic carbocycles. The second kappa shape index (κ2) is 5.84. The average Bonchev–Trinajstić information content (AvgIpc) is 2.37. The number of aryl methyl sites for hydroxylation is 2.